The van der Waals surface area contributed by atoms with Crippen LogP contribution < -0.4 is 5.32 Å². The van der Waals surface area contributed by atoms with Crippen molar-refractivity contribution in [2.24, 2.45) is 0 Å². The Morgan fingerprint density at radius 1 is 1.07 bits per heavy atom. The quantitative estimate of drug-likeness (QED) is 0.786. The van der Waals surface area contributed by atoms with E-state index in [2.05, 4.69) is 15.5 Å². The van der Waals surface area contributed by atoms with Gasteiger partial charge >= 0.3 is 0 Å². The SMILES string of the molecule is Clc1ccc(NC2CCCCCC2)nn1. The van der Waals surface area contributed by atoms with Gasteiger partial charge in [-0.25, -0.2) is 0 Å². The fourth-order valence-corrected chi connectivity index (χ4v) is 2.13. The summed E-state index contributed by atoms with van der Waals surface area (Å²) in [7, 11) is 0. The van der Waals surface area contributed by atoms with Crippen molar-refractivity contribution in [1.29, 1.82) is 0 Å². The van der Waals surface area contributed by atoms with Crippen LogP contribution in [0.15, 0.2) is 12.1 Å². The summed E-state index contributed by atoms with van der Waals surface area (Å²) in [6.45, 7) is 0. The molecule has 1 heterocycles. The second-order valence-corrected chi connectivity index (χ2v) is 4.46. The van der Waals surface area contributed by atoms with Crippen LogP contribution in [0.1, 0.15) is 38.5 Å². The lowest BCUT2D eigenvalue weighted by Gasteiger charge is -2.15. The van der Waals surface area contributed by atoms with E-state index < -0.39 is 0 Å². The topological polar surface area (TPSA) is 37.8 Å². The Balaban J connectivity index is 1.92. The average molecular weight is 226 g/mol. The summed E-state index contributed by atoms with van der Waals surface area (Å²) < 4.78 is 0. The average Bonchev–Trinajstić information content (AvgIpc) is 2.50. The Morgan fingerprint density at radius 3 is 2.40 bits per heavy atom. The summed E-state index contributed by atoms with van der Waals surface area (Å²) in [5.74, 6) is 0.839. The highest BCUT2D eigenvalue weighted by atomic mass is 35.5. The molecule has 1 aromatic heterocycles. The molecule has 1 aliphatic rings. The first kappa shape index (κ1) is 10.7. The molecule has 1 N–H and O–H groups in total. The predicted octanol–water partition coefficient (Wildman–Crippen LogP) is 3.26. The van der Waals surface area contributed by atoms with Gasteiger partial charge in [0.1, 0.15) is 5.82 Å². The monoisotopic (exact) mass is 225 g/mol. The van der Waals surface area contributed by atoms with Crippen LogP contribution in [0.25, 0.3) is 0 Å². The number of rotatable bonds is 2. The van der Waals surface area contributed by atoms with Gasteiger partial charge in [0.25, 0.3) is 0 Å². The Labute approximate surface area is 95.2 Å². The zero-order valence-corrected chi connectivity index (χ0v) is 9.50. The molecular formula is C11H16ClN3. The van der Waals surface area contributed by atoms with Crippen molar-refractivity contribution in [2.75, 3.05) is 5.32 Å². The Bertz CT molecular complexity index is 291. The van der Waals surface area contributed by atoms with Crippen LogP contribution in [-0.2, 0) is 0 Å². The van der Waals surface area contributed by atoms with Gasteiger partial charge in [0, 0.05) is 6.04 Å². The highest BCUT2D eigenvalue weighted by molar-refractivity contribution is 6.29. The maximum Gasteiger partial charge on any atom is 0.151 e. The first-order valence-corrected chi connectivity index (χ1v) is 5.98. The van der Waals surface area contributed by atoms with Gasteiger partial charge in [-0.3, -0.25) is 0 Å². The molecule has 1 aromatic rings. The van der Waals surface area contributed by atoms with Crippen LogP contribution in [0.2, 0.25) is 5.15 Å². The predicted molar refractivity (Wildman–Crippen MR) is 62.2 cm³/mol. The van der Waals surface area contributed by atoms with Crippen LogP contribution >= 0.6 is 11.6 Å². The van der Waals surface area contributed by atoms with Crippen molar-refractivity contribution in [3.05, 3.63) is 17.3 Å². The summed E-state index contributed by atoms with van der Waals surface area (Å²) in [5, 5.41) is 11.7. The minimum absolute atomic E-state index is 0.446. The van der Waals surface area contributed by atoms with Gasteiger partial charge in [0.2, 0.25) is 0 Å². The second-order valence-electron chi connectivity index (χ2n) is 4.07. The highest BCUT2D eigenvalue weighted by Crippen LogP contribution is 2.20. The summed E-state index contributed by atoms with van der Waals surface area (Å²) in [5.41, 5.74) is 0. The van der Waals surface area contributed by atoms with E-state index in [1.807, 2.05) is 6.07 Å². The maximum atomic E-state index is 5.68. The molecule has 4 heteroatoms. The Kier molecular flexibility index (Phi) is 3.78. The smallest absolute Gasteiger partial charge is 0.151 e. The van der Waals surface area contributed by atoms with Gasteiger partial charge in [-0.05, 0) is 25.0 Å². The van der Waals surface area contributed by atoms with Crippen LogP contribution in [0.4, 0.5) is 5.82 Å². The molecule has 82 valence electrons. The Morgan fingerprint density at radius 2 is 1.80 bits per heavy atom. The van der Waals surface area contributed by atoms with Gasteiger partial charge in [-0.15, -0.1) is 10.2 Å². The van der Waals surface area contributed by atoms with E-state index >= 15 is 0 Å². The van der Waals surface area contributed by atoms with Crippen LogP contribution in [0.5, 0.6) is 0 Å². The molecule has 1 fully saturated rings. The van der Waals surface area contributed by atoms with Gasteiger partial charge in [-0.2, -0.15) is 0 Å². The lowest BCUT2D eigenvalue weighted by Crippen LogP contribution is -2.19. The lowest BCUT2D eigenvalue weighted by atomic mass is 10.1. The molecule has 1 saturated carbocycles. The van der Waals surface area contributed by atoms with Crippen molar-refractivity contribution in [3.8, 4) is 0 Å². The molecule has 0 spiro atoms. The van der Waals surface area contributed by atoms with Gasteiger partial charge in [0.05, 0.1) is 0 Å². The molecule has 0 amide bonds. The van der Waals surface area contributed by atoms with Crippen molar-refractivity contribution in [1.82, 2.24) is 10.2 Å². The zero-order valence-electron chi connectivity index (χ0n) is 8.75. The molecule has 1 aliphatic carbocycles. The second kappa shape index (κ2) is 5.31. The minimum Gasteiger partial charge on any atom is -0.366 e. The third-order valence-corrected chi connectivity index (χ3v) is 3.04. The number of aromatic nitrogens is 2. The molecule has 0 aromatic carbocycles. The summed E-state index contributed by atoms with van der Waals surface area (Å²) in [4.78, 5) is 0. The molecule has 0 unspecified atom stereocenters. The van der Waals surface area contributed by atoms with E-state index in [-0.39, 0.29) is 0 Å². The Hall–Kier alpha value is -0.830. The molecule has 0 aliphatic heterocycles. The third kappa shape index (κ3) is 3.34. The molecule has 2 rings (SSSR count). The summed E-state index contributed by atoms with van der Waals surface area (Å²) in [6.07, 6.45) is 7.85. The highest BCUT2D eigenvalue weighted by Gasteiger charge is 2.12. The van der Waals surface area contributed by atoms with Gasteiger partial charge in [-0.1, -0.05) is 37.3 Å². The molecule has 0 atom stereocenters. The van der Waals surface area contributed by atoms with Crippen molar-refractivity contribution >= 4 is 17.4 Å². The van der Waals surface area contributed by atoms with Crippen molar-refractivity contribution in [2.45, 2.75) is 44.6 Å². The molecule has 15 heavy (non-hydrogen) atoms. The van der Waals surface area contributed by atoms with E-state index in [1.54, 1.807) is 6.07 Å². The fraction of sp³-hybridized carbons (Fsp3) is 0.636. The van der Waals surface area contributed by atoms with E-state index in [0.717, 1.165) is 5.82 Å². The largest absolute Gasteiger partial charge is 0.366 e. The van der Waals surface area contributed by atoms with E-state index in [1.165, 1.54) is 38.5 Å². The molecule has 0 saturated heterocycles. The van der Waals surface area contributed by atoms with E-state index in [9.17, 15) is 0 Å². The van der Waals surface area contributed by atoms with Crippen molar-refractivity contribution < 1.29 is 0 Å². The molecule has 3 nitrogen and oxygen atoms in total. The van der Waals surface area contributed by atoms with E-state index in [0.29, 0.717) is 11.2 Å². The number of halogens is 1. The van der Waals surface area contributed by atoms with Crippen LogP contribution in [-0.4, -0.2) is 16.2 Å². The maximum absolute atomic E-state index is 5.68. The minimum atomic E-state index is 0.446. The van der Waals surface area contributed by atoms with Gasteiger partial charge < -0.3 is 5.32 Å². The first-order valence-electron chi connectivity index (χ1n) is 5.60. The number of hydrogen-bond acceptors (Lipinski definition) is 3. The normalized spacial score (nSPS) is 18.5. The fourth-order valence-electron chi connectivity index (χ4n) is 2.03. The number of hydrogen-bond donors (Lipinski definition) is 1. The summed E-state index contributed by atoms with van der Waals surface area (Å²) in [6, 6.07) is 4.22. The zero-order chi connectivity index (χ0) is 10.5. The number of nitrogens with zero attached hydrogens (tertiary/aromatic N) is 2. The molecule has 0 radical (unpaired) electrons. The van der Waals surface area contributed by atoms with Crippen LogP contribution in [0, 0.1) is 0 Å². The summed E-state index contributed by atoms with van der Waals surface area (Å²) >= 11 is 5.68. The standard InChI is InChI=1S/C11H16ClN3/c12-10-7-8-11(15-14-10)13-9-5-3-1-2-4-6-9/h7-9H,1-6H2,(H,13,15). The van der Waals surface area contributed by atoms with Gasteiger partial charge in [0.15, 0.2) is 5.15 Å². The molecule has 0 bridgehead atoms. The third-order valence-electron chi connectivity index (χ3n) is 2.84. The number of anilines is 1. The van der Waals surface area contributed by atoms with Crippen LogP contribution in [0.3, 0.4) is 0 Å². The number of nitrogens with one attached hydrogen (secondary N) is 1. The van der Waals surface area contributed by atoms with Crippen molar-refractivity contribution in [3.63, 3.8) is 0 Å². The lowest BCUT2D eigenvalue weighted by molar-refractivity contribution is 0.616. The first-order chi connectivity index (χ1) is 7.34. The van der Waals surface area contributed by atoms with E-state index in [4.69, 9.17) is 11.6 Å². The molecular weight excluding hydrogens is 210 g/mol.